The van der Waals surface area contributed by atoms with Gasteiger partial charge >= 0.3 is 0 Å². The average Bonchev–Trinajstić information content (AvgIpc) is 2.94. The van der Waals surface area contributed by atoms with Crippen LogP contribution in [0.25, 0.3) is 22.6 Å². The van der Waals surface area contributed by atoms with Gasteiger partial charge in [0.15, 0.2) is 5.76 Å². The molecule has 0 unspecified atom stereocenters. The largest absolute Gasteiger partial charge is 0.391 e. The first kappa shape index (κ1) is 15.0. The summed E-state index contributed by atoms with van der Waals surface area (Å²) in [6.45, 7) is -0.344. The number of nitrogens with zero attached hydrogens (tertiary/aromatic N) is 1. The van der Waals surface area contributed by atoms with Crippen LogP contribution in [0.1, 0.15) is 5.56 Å². The molecule has 0 aliphatic rings. The number of halogens is 3. The molecular formula is C16H10Cl2FNO2. The van der Waals surface area contributed by atoms with Crippen LogP contribution in [-0.4, -0.2) is 10.3 Å². The zero-order chi connectivity index (χ0) is 15.7. The van der Waals surface area contributed by atoms with Gasteiger partial charge in [-0.2, -0.15) is 0 Å². The summed E-state index contributed by atoms with van der Waals surface area (Å²) >= 11 is 11.9. The van der Waals surface area contributed by atoms with Crippen LogP contribution >= 0.6 is 23.2 Å². The van der Waals surface area contributed by atoms with Crippen molar-refractivity contribution in [2.75, 3.05) is 0 Å². The van der Waals surface area contributed by atoms with Crippen LogP contribution in [-0.2, 0) is 6.61 Å². The molecule has 112 valence electrons. The number of aromatic nitrogens is 1. The molecule has 6 heteroatoms. The van der Waals surface area contributed by atoms with Crippen molar-refractivity contribution >= 4 is 23.2 Å². The maximum atomic E-state index is 13.9. The number of hydrogen-bond donors (Lipinski definition) is 1. The van der Waals surface area contributed by atoms with Crippen LogP contribution in [0.5, 0.6) is 0 Å². The Morgan fingerprint density at radius 3 is 2.55 bits per heavy atom. The van der Waals surface area contributed by atoms with Gasteiger partial charge in [0.05, 0.1) is 22.2 Å². The van der Waals surface area contributed by atoms with Crippen LogP contribution in [0.2, 0.25) is 10.0 Å². The van der Waals surface area contributed by atoms with E-state index in [9.17, 15) is 9.50 Å². The third-order valence-corrected chi connectivity index (χ3v) is 4.00. The predicted octanol–water partition coefficient (Wildman–Crippen LogP) is 4.95. The van der Waals surface area contributed by atoms with E-state index >= 15 is 0 Å². The lowest BCUT2D eigenvalue weighted by molar-refractivity contribution is 0.281. The summed E-state index contributed by atoms with van der Waals surface area (Å²) in [5.41, 5.74) is 1.53. The topological polar surface area (TPSA) is 46.3 Å². The average molecular weight is 338 g/mol. The van der Waals surface area contributed by atoms with Crippen molar-refractivity contribution in [3.05, 3.63) is 63.9 Å². The molecule has 0 aliphatic carbocycles. The van der Waals surface area contributed by atoms with Crippen LogP contribution < -0.4 is 0 Å². The van der Waals surface area contributed by atoms with Gasteiger partial charge in [0, 0.05) is 11.1 Å². The van der Waals surface area contributed by atoms with Crippen molar-refractivity contribution in [1.82, 2.24) is 5.16 Å². The highest BCUT2D eigenvalue weighted by Gasteiger charge is 2.20. The zero-order valence-corrected chi connectivity index (χ0v) is 12.7. The van der Waals surface area contributed by atoms with Crippen molar-refractivity contribution < 1.29 is 14.0 Å². The van der Waals surface area contributed by atoms with Gasteiger partial charge in [-0.3, -0.25) is 0 Å². The fourth-order valence-electron chi connectivity index (χ4n) is 2.18. The molecule has 0 radical (unpaired) electrons. The second-order valence-electron chi connectivity index (χ2n) is 4.61. The molecule has 22 heavy (non-hydrogen) atoms. The van der Waals surface area contributed by atoms with Gasteiger partial charge in [-0.15, -0.1) is 0 Å². The SMILES string of the molecule is OCc1c(-c2ccccc2F)noc1-c1ccc(Cl)c(Cl)c1. The molecule has 0 fully saturated rings. The minimum atomic E-state index is -0.439. The van der Waals surface area contributed by atoms with E-state index in [4.69, 9.17) is 27.7 Å². The molecule has 0 bridgehead atoms. The van der Waals surface area contributed by atoms with Gasteiger partial charge in [0.2, 0.25) is 0 Å². The second kappa shape index (κ2) is 6.08. The fraction of sp³-hybridized carbons (Fsp3) is 0.0625. The lowest BCUT2D eigenvalue weighted by Gasteiger charge is -2.03. The van der Waals surface area contributed by atoms with Crippen molar-refractivity contribution in [3.63, 3.8) is 0 Å². The first-order chi connectivity index (χ1) is 10.6. The lowest BCUT2D eigenvalue weighted by Crippen LogP contribution is -1.91. The fourth-order valence-corrected chi connectivity index (χ4v) is 2.48. The summed E-state index contributed by atoms with van der Waals surface area (Å²) in [6, 6.07) is 11.1. The van der Waals surface area contributed by atoms with E-state index in [1.165, 1.54) is 6.07 Å². The van der Waals surface area contributed by atoms with Gasteiger partial charge < -0.3 is 9.63 Å². The molecule has 1 N–H and O–H groups in total. The molecular weight excluding hydrogens is 328 g/mol. The Morgan fingerprint density at radius 2 is 1.86 bits per heavy atom. The summed E-state index contributed by atoms with van der Waals surface area (Å²) in [5.74, 6) is -0.106. The predicted molar refractivity (Wildman–Crippen MR) is 83.3 cm³/mol. The van der Waals surface area contributed by atoms with E-state index in [0.717, 1.165) is 0 Å². The van der Waals surface area contributed by atoms with Gasteiger partial charge in [0.25, 0.3) is 0 Å². The molecule has 0 atom stereocenters. The van der Waals surface area contributed by atoms with Gasteiger partial charge in [-0.25, -0.2) is 4.39 Å². The number of aliphatic hydroxyl groups is 1. The summed E-state index contributed by atoms with van der Waals surface area (Å²) in [4.78, 5) is 0. The molecule has 3 aromatic rings. The molecule has 0 saturated heterocycles. The Labute approximate surface area is 135 Å². The van der Waals surface area contributed by atoms with Crippen molar-refractivity contribution in [2.24, 2.45) is 0 Å². The molecule has 0 saturated carbocycles. The van der Waals surface area contributed by atoms with E-state index in [-0.39, 0.29) is 17.9 Å². The van der Waals surface area contributed by atoms with Crippen molar-refractivity contribution in [1.29, 1.82) is 0 Å². The number of benzene rings is 2. The molecule has 2 aromatic carbocycles. The Bertz CT molecular complexity index is 833. The number of hydrogen-bond acceptors (Lipinski definition) is 3. The molecule has 0 spiro atoms. The summed E-state index contributed by atoms with van der Waals surface area (Å²) in [7, 11) is 0. The third-order valence-electron chi connectivity index (χ3n) is 3.26. The Hall–Kier alpha value is -1.88. The quantitative estimate of drug-likeness (QED) is 0.735. The standard InChI is InChI=1S/C16H10Cl2FNO2/c17-12-6-5-9(7-13(12)18)16-11(8-21)15(20-22-16)10-3-1-2-4-14(10)19/h1-7,21H,8H2. The summed E-state index contributed by atoms with van der Waals surface area (Å²) < 4.78 is 19.2. The van der Waals surface area contributed by atoms with E-state index < -0.39 is 5.82 Å². The minimum absolute atomic E-state index is 0.265. The minimum Gasteiger partial charge on any atom is -0.391 e. The first-order valence-electron chi connectivity index (χ1n) is 6.41. The molecule has 0 aliphatic heterocycles. The smallest absolute Gasteiger partial charge is 0.173 e. The third kappa shape index (κ3) is 2.61. The maximum Gasteiger partial charge on any atom is 0.173 e. The van der Waals surface area contributed by atoms with E-state index in [0.29, 0.717) is 26.9 Å². The summed E-state index contributed by atoms with van der Waals surface area (Å²) in [6.07, 6.45) is 0. The normalized spacial score (nSPS) is 10.9. The molecule has 3 rings (SSSR count). The Kier molecular flexibility index (Phi) is 4.16. The van der Waals surface area contributed by atoms with Crippen LogP contribution in [0.4, 0.5) is 4.39 Å². The monoisotopic (exact) mass is 337 g/mol. The molecule has 3 nitrogen and oxygen atoms in total. The van der Waals surface area contributed by atoms with Gasteiger partial charge in [-0.05, 0) is 30.3 Å². The van der Waals surface area contributed by atoms with Crippen LogP contribution in [0.3, 0.4) is 0 Å². The highest BCUT2D eigenvalue weighted by atomic mass is 35.5. The molecule has 1 heterocycles. The Balaban J connectivity index is 2.15. The first-order valence-corrected chi connectivity index (χ1v) is 7.17. The number of aliphatic hydroxyl groups excluding tert-OH is 1. The van der Waals surface area contributed by atoms with Crippen molar-refractivity contribution in [2.45, 2.75) is 6.61 Å². The zero-order valence-electron chi connectivity index (χ0n) is 11.2. The maximum absolute atomic E-state index is 13.9. The van der Waals surface area contributed by atoms with E-state index in [2.05, 4.69) is 5.16 Å². The second-order valence-corrected chi connectivity index (χ2v) is 5.42. The summed E-state index contributed by atoms with van der Waals surface area (Å²) in [5, 5.41) is 14.3. The van der Waals surface area contributed by atoms with Gasteiger partial charge in [-0.1, -0.05) is 40.5 Å². The van der Waals surface area contributed by atoms with Crippen molar-refractivity contribution in [3.8, 4) is 22.6 Å². The van der Waals surface area contributed by atoms with E-state index in [1.54, 1.807) is 36.4 Å². The van der Waals surface area contributed by atoms with Gasteiger partial charge in [0.1, 0.15) is 11.5 Å². The lowest BCUT2D eigenvalue weighted by atomic mass is 10.0. The highest BCUT2D eigenvalue weighted by Crippen LogP contribution is 2.35. The van der Waals surface area contributed by atoms with E-state index in [1.807, 2.05) is 0 Å². The van der Waals surface area contributed by atoms with Crippen LogP contribution in [0.15, 0.2) is 47.0 Å². The number of rotatable bonds is 3. The highest BCUT2D eigenvalue weighted by molar-refractivity contribution is 6.42. The molecule has 0 amide bonds. The Morgan fingerprint density at radius 1 is 1.09 bits per heavy atom. The van der Waals surface area contributed by atoms with Crippen LogP contribution in [0, 0.1) is 5.82 Å². The molecule has 1 aromatic heterocycles.